The van der Waals surface area contributed by atoms with Gasteiger partial charge in [-0.3, -0.25) is 4.98 Å². The molecule has 5 nitrogen and oxygen atoms in total. The van der Waals surface area contributed by atoms with Gasteiger partial charge in [0.1, 0.15) is 5.82 Å². The molecule has 2 aliphatic rings. The molecule has 0 bridgehead atoms. The van der Waals surface area contributed by atoms with Crippen LogP contribution in [0, 0.1) is 23.6 Å². The number of pyridine rings is 1. The maximum Gasteiger partial charge on any atom is 0.404 e. The van der Waals surface area contributed by atoms with Crippen molar-refractivity contribution in [1.82, 2.24) is 10.3 Å². The van der Waals surface area contributed by atoms with Gasteiger partial charge >= 0.3 is 6.09 Å². The van der Waals surface area contributed by atoms with E-state index < -0.39 is 6.09 Å². The number of halogens is 1. The third kappa shape index (κ3) is 4.48. The Labute approximate surface area is 169 Å². The van der Waals surface area contributed by atoms with Gasteiger partial charge in [-0.25, -0.2) is 9.18 Å². The minimum absolute atomic E-state index is 0.0423. The van der Waals surface area contributed by atoms with E-state index in [2.05, 4.69) is 16.4 Å². The summed E-state index contributed by atoms with van der Waals surface area (Å²) in [7, 11) is 0. The molecule has 6 heteroatoms. The van der Waals surface area contributed by atoms with E-state index in [1.807, 2.05) is 24.3 Å². The second-order valence-electron chi connectivity index (χ2n) is 8.20. The largest absolute Gasteiger partial charge is 0.465 e. The monoisotopic (exact) mass is 395 g/mol. The molecular formula is C23H26FN3O2. The summed E-state index contributed by atoms with van der Waals surface area (Å²) in [5.41, 5.74) is 8.95. The van der Waals surface area contributed by atoms with Crippen LogP contribution in [0.2, 0.25) is 0 Å². The summed E-state index contributed by atoms with van der Waals surface area (Å²) >= 11 is 0. The van der Waals surface area contributed by atoms with Crippen LogP contribution in [0.15, 0.2) is 48.7 Å². The van der Waals surface area contributed by atoms with Gasteiger partial charge in [0.25, 0.3) is 0 Å². The van der Waals surface area contributed by atoms with Crippen molar-refractivity contribution in [2.45, 2.75) is 37.8 Å². The lowest BCUT2D eigenvalue weighted by molar-refractivity contribution is 0.169. The van der Waals surface area contributed by atoms with Crippen LogP contribution < -0.4 is 11.1 Å². The molecular weight excluding hydrogens is 369 g/mol. The molecule has 152 valence electrons. The van der Waals surface area contributed by atoms with Crippen LogP contribution in [0.5, 0.6) is 0 Å². The Balaban J connectivity index is 1.42. The smallest absolute Gasteiger partial charge is 0.404 e. The molecule has 2 aliphatic carbocycles. The van der Waals surface area contributed by atoms with Crippen molar-refractivity contribution >= 4 is 12.2 Å². The Morgan fingerprint density at radius 2 is 2.07 bits per heavy atom. The average molecular weight is 395 g/mol. The van der Waals surface area contributed by atoms with Gasteiger partial charge in [0.2, 0.25) is 0 Å². The zero-order chi connectivity index (χ0) is 20.4. The van der Waals surface area contributed by atoms with Crippen molar-refractivity contribution in [2.24, 2.45) is 23.5 Å². The molecule has 2 aromatic rings. The Hall–Kier alpha value is -2.73. The van der Waals surface area contributed by atoms with Gasteiger partial charge in [-0.05, 0) is 73.3 Å². The lowest BCUT2D eigenvalue weighted by Crippen LogP contribution is -2.39. The number of hydrogen-bond acceptors (Lipinski definition) is 3. The highest BCUT2D eigenvalue weighted by Gasteiger charge is 2.43. The van der Waals surface area contributed by atoms with Crippen LogP contribution in [-0.2, 0) is 0 Å². The molecule has 29 heavy (non-hydrogen) atoms. The van der Waals surface area contributed by atoms with Gasteiger partial charge < -0.3 is 16.2 Å². The van der Waals surface area contributed by atoms with Gasteiger partial charge in [-0.1, -0.05) is 24.3 Å². The average Bonchev–Trinajstić information content (AvgIpc) is 3.00. The van der Waals surface area contributed by atoms with Crippen LogP contribution in [-0.4, -0.2) is 28.3 Å². The first-order valence-corrected chi connectivity index (χ1v) is 10.1. The van der Waals surface area contributed by atoms with Crippen molar-refractivity contribution in [3.63, 3.8) is 0 Å². The number of carboxylic acid groups (broad SMARTS) is 1. The van der Waals surface area contributed by atoms with Crippen molar-refractivity contribution in [3.05, 3.63) is 60.2 Å². The maximum atomic E-state index is 13.4. The van der Waals surface area contributed by atoms with E-state index >= 15 is 0 Å². The number of nitrogens with two attached hydrogens (primary N) is 1. The Bertz CT molecular complexity index is 899. The third-order valence-electron chi connectivity index (χ3n) is 6.37. The SMILES string of the molecule is N[C@@H]1C[C@@H]2CC(NC(=O)O)CC[C@H]2[C@@H]1C=Cc1ccc(-c2cccc(F)c2)cn1. The summed E-state index contributed by atoms with van der Waals surface area (Å²) in [4.78, 5) is 15.4. The van der Waals surface area contributed by atoms with Crippen molar-refractivity contribution < 1.29 is 14.3 Å². The molecule has 1 heterocycles. The van der Waals surface area contributed by atoms with Crippen LogP contribution in [0.25, 0.3) is 17.2 Å². The summed E-state index contributed by atoms with van der Waals surface area (Å²) in [6, 6.07) is 10.5. The molecule has 2 saturated carbocycles. The second kappa shape index (κ2) is 8.33. The van der Waals surface area contributed by atoms with Crippen molar-refractivity contribution in [2.75, 3.05) is 0 Å². The van der Waals surface area contributed by atoms with Gasteiger partial charge in [0.05, 0.1) is 5.69 Å². The second-order valence-corrected chi connectivity index (χ2v) is 8.20. The predicted molar refractivity (Wildman–Crippen MR) is 111 cm³/mol. The number of amides is 1. The first kappa shape index (κ1) is 19.6. The molecule has 4 N–H and O–H groups in total. The van der Waals surface area contributed by atoms with E-state index in [4.69, 9.17) is 10.8 Å². The number of nitrogens with one attached hydrogen (secondary N) is 1. The zero-order valence-electron chi connectivity index (χ0n) is 16.2. The topological polar surface area (TPSA) is 88.2 Å². The normalized spacial score (nSPS) is 29.0. The predicted octanol–water partition coefficient (Wildman–Crippen LogP) is 4.30. The van der Waals surface area contributed by atoms with Gasteiger partial charge in [0.15, 0.2) is 0 Å². The molecule has 2 fully saturated rings. The molecule has 0 saturated heterocycles. The molecule has 1 aromatic carbocycles. The number of carbonyl (C=O) groups is 1. The van der Waals surface area contributed by atoms with E-state index in [0.717, 1.165) is 42.5 Å². The highest BCUT2D eigenvalue weighted by atomic mass is 19.1. The number of fused-ring (bicyclic) bond motifs is 1. The molecule has 1 aromatic heterocycles. The number of nitrogens with zero attached hydrogens (tertiary/aromatic N) is 1. The summed E-state index contributed by atoms with van der Waals surface area (Å²) in [5, 5.41) is 11.6. The third-order valence-corrected chi connectivity index (χ3v) is 6.37. The summed E-state index contributed by atoms with van der Waals surface area (Å²) in [6.45, 7) is 0. The zero-order valence-corrected chi connectivity index (χ0v) is 16.2. The summed E-state index contributed by atoms with van der Waals surface area (Å²) in [6.07, 6.45) is 8.66. The summed E-state index contributed by atoms with van der Waals surface area (Å²) in [5.74, 6) is 0.994. The molecule has 0 aliphatic heterocycles. The van der Waals surface area contributed by atoms with Gasteiger partial charge in [-0.2, -0.15) is 0 Å². The Morgan fingerprint density at radius 1 is 1.21 bits per heavy atom. The number of hydrogen-bond donors (Lipinski definition) is 3. The van der Waals surface area contributed by atoms with Crippen LogP contribution in [0.4, 0.5) is 9.18 Å². The van der Waals surface area contributed by atoms with Crippen molar-refractivity contribution in [3.8, 4) is 11.1 Å². The first-order valence-electron chi connectivity index (χ1n) is 10.1. The fourth-order valence-corrected chi connectivity index (χ4v) is 5.03. The van der Waals surface area contributed by atoms with Gasteiger partial charge in [-0.15, -0.1) is 0 Å². The quantitative estimate of drug-likeness (QED) is 0.720. The molecule has 0 spiro atoms. The molecule has 4 rings (SSSR count). The van der Waals surface area contributed by atoms with E-state index in [1.165, 1.54) is 12.1 Å². The minimum Gasteiger partial charge on any atom is -0.465 e. The lowest BCUT2D eigenvalue weighted by Gasteiger charge is -2.33. The molecule has 5 atom stereocenters. The van der Waals surface area contributed by atoms with E-state index in [-0.39, 0.29) is 23.8 Å². The lowest BCUT2D eigenvalue weighted by atomic mass is 9.75. The highest BCUT2D eigenvalue weighted by molar-refractivity contribution is 5.65. The standard InChI is InChI=1S/C23H26FN3O2/c24-17-3-1-2-14(10-17)15-4-5-18(26-13-15)6-9-21-20-8-7-19(27-23(28)29)11-16(20)12-22(21)25/h1-6,9-10,13,16,19-22,27H,7-8,11-12,25H2,(H,28,29)/t16-,19?,20+,21-,22+/m0/s1. The minimum atomic E-state index is -0.944. The number of rotatable bonds is 4. The molecule has 0 radical (unpaired) electrons. The number of benzene rings is 1. The summed E-state index contributed by atoms with van der Waals surface area (Å²) < 4.78 is 13.4. The molecule has 1 unspecified atom stereocenters. The van der Waals surface area contributed by atoms with Crippen LogP contribution in [0.1, 0.15) is 31.4 Å². The van der Waals surface area contributed by atoms with Crippen molar-refractivity contribution in [1.29, 1.82) is 0 Å². The highest BCUT2D eigenvalue weighted by Crippen LogP contribution is 2.46. The van der Waals surface area contributed by atoms with E-state index in [1.54, 1.807) is 12.3 Å². The molecule has 1 amide bonds. The Morgan fingerprint density at radius 3 is 2.79 bits per heavy atom. The van der Waals surface area contributed by atoms with Crippen LogP contribution in [0.3, 0.4) is 0 Å². The van der Waals surface area contributed by atoms with Gasteiger partial charge in [0, 0.05) is 23.8 Å². The fourth-order valence-electron chi connectivity index (χ4n) is 5.03. The fraction of sp³-hybridized carbons (Fsp3) is 0.391. The van der Waals surface area contributed by atoms with E-state index in [9.17, 15) is 9.18 Å². The first-order chi connectivity index (χ1) is 14.0. The van der Waals surface area contributed by atoms with Crippen LogP contribution >= 0.6 is 0 Å². The Kier molecular flexibility index (Phi) is 5.62. The number of aromatic nitrogens is 1. The van der Waals surface area contributed by atoms with E-state index in [0.29, 0.717) is 11.8 Å². The maximum absolute atomic E-state index is 13.4.